The number of nitrogen functional groups attached to an aromatic ring is 1. The number of nitro groups is 1. The van der Waals surface area contributed by atoms with Crippen LogP contribution in [0.4, 0.5) is 17.1 Å². The summed E-state index contributed by atoms with van der Waals surface area (Å²) in [6.07, 6.45) is 0. The van der Waals surface area contributed by atoms with Gasteiger partial charge in [0.15, 0.2) is 0 Å². The molecule has 0 aliphatic heterocycles. The highest BCUT2D eigenvalue weighted by atomic mass is 16.6. The van der Waals surface area contributed by atoms with Crippen LogP contribution in [0.5, 0.6) is 0 Å². The summed E-state index contributed by atoms with van der Waals surface area (Å²) in [4.78, 5) is 12.5. The average Bonchev–Trinajstić information content (AvgIpc) is 2.46. The summed E-state index contributed by atoms with van der Waals surface area (Å²) in [5.41, 5.74) is 6.04. The van der Waals surface area contributed by atoms with Gasteiger partial charge in [-0.15, -0.1) is 0 Å². The van der Waals surface area contributed by atoms with Gasteiger partial charge in [-0.05, 0) is 18.6 Å². The molecule has 0 saturated heterocycles. The van der Waals surface area contributed by atoms with Crippen molar-refractivity contribution in [3.8, 4) is 0 Å². The summed E-state index contributed by atoms with van der Waals surface area (Å²) in [5, 5.41) is 11.0. The molecular formula is C15H18N4O2. The van der Waals surface area contributed by atoms with Crippen LogP contribution in [0.15, 0.2) is 42.5 Å². The van der Waals surface area contributed by atoms with Gasteiger partial charge in [-0.3, -0.25) is 16.0 Å². The summed E-state index contributed by atoms with van der Waals surface area (Å²) >= 11 is 0. The molecule has 3 N–H and O–H groups in total. The smallest absolute Gasteiger partial charge is 0.273 e. The van der Waals surface area contributed by atoms with Gasteiger partial charge < -0.3 is 10.3 Å². The van der Waals surface area contributed by atoms with E-state index in [1.165, 1.54) is 17.7 Å². The largest absolute Gasteiger partial charge is 0.370 e. The van der Waals surface area contributed by atoms with Crippen molar-refractivity contribution in [1.82, 2.24) is 0 Å². The Balaban J connectivity index is 2.27. The molecule has 0 saturated carbocycles. The second kappa shape index (κ2) is 6.23. The minimum absolute atomic E-state index is 0.0107. The molecule has 2 aromatic carbocycles. The lowest BCUT2D eigenvalue weighted by Gasteiger charge is -2.20. The third-order valence-corrected chi connectivity index (χ3v) is 3.22. The van der Waals surface area contributed by atoms with E-state index < -0.39 is 4.92 Å². The first-order chi connectivity index (χ1) is 9.99. The van der Waals surface area contributed by atoms with E-state index in [1.807, 2.05) is 37.1 Å². The molecule has 110 valence electrons. The van der Waals surface area contributed by atoms with E-state index in [0.717, 1.165) is 11.3 Å². The Bertz CT molecular complexity index is 658. The zero-order chi connectivity index (χ0) is 15.4. The maximum atomic E-state index is 11.0. The summed E-state index contributed by atoms with van der Waals surface area (Å²) in [7, 11) is 1.89. The summed E-state index contributed by atoms with van der Waals surface area (Å²) in [6.45, 7) is 2.69. The first kappa shape index (κ1) is 14.8. The molecule has 0 radical (unpaired) electrons. The zero-order valence-electron chi connectivity index (χ0n) is 12.0. The Morgan fingerprint density at radius 3 is 2.67 bits per heavy atom. The van der Waals surface area contributed by atoms with Gasteiger partial charge in [0.05, 0.1) is 10.6 Å². The number of non-ortho nitro benzene ring substituents is 1. The lowest BCUT2D eigenvalue weighted by Crippen LogP contribution is -2.17. The van der Waals surface area contributed by atoms with Crippen molar-refractivity contribution in [2.45, 2.75) is 13.5 Å². The molecule has 0 amide bonds. The predicted molar refractivity (Wildman–Crippen MR) is 84.2 cm³/mol. The van der Waals surface area contributed by atoms with Crippen molar-refractivity contribution in [1.29, 1.82) is 0 Å². The standard InChI is InChI=1S/C15H18N4O2/c1-11-4-3-5-12(6-11)10-18(2)14-7-13(17-16)8-15(9-14)19(20)21/h3-9,17H,10,16H2,1-2H3. The molecule has 0 spiro atoms. The van der Waals surface area contributed by atoms with Gasteiger partial charge in [0.2, 0.25) is 0 Å². The van der Waals surface area contributed by atoms with E-state index in [1.54, 1.807) is 6.07 Å². The lowest BCUT2D eigenvalue weighted by atomic mass is 10.1. The molecule has 0 bridgehead atoms. The number of hydrogen-bond acceptors (Lipinski definition) is 5. The fourth-order valence-corrected chi connectivity index (χ4v) is 2.18. The molecule has 0 aromatic heterocycles. The Morgan fingerprint density at radius 1 is 1.29 bits per heavy atom. The maximum Gasteiger partial charge on any atom is 0.273 e. The van der Waals surface area contributed by atoms with Gasteiger partial charge in [-0.1, -0.05) is 29.8 Å². The van der Waals surface area contributed by atoms with Crippen LogP contribution in [0.1, 0.15) is 11.1 Å². The number of aryl methyl sites for hydroxylation is 1. The molecule has 0 atom stereocenters. The Labute approximate surface area is 123 Å². The Hall–Kier alpha value is -2.60. The summed E-state index contributed by atoms with van der Waals surface area (Å²) < 4.78 is 0. The SMILES string of the molecule is Cc1cccc(CN(C)c2cc(NN)cc([N+](=O)[O-])c2)c1. The van der Waals surface area contributed by atoms with Gasteiger partial charge in [0, 0.05) is 31.4 Å². The van der Waals surface area contributed by atoms with Gasteiger partial charge in [-0.25, -0.2) is 0 Å². The van der Waals surface area contributed by atoms with Crippen molar-refractivity contribution in [2.24, 2.45) is 5.84 Å². The van der Waals surface area contributed by atoms with Crippen LogP contribution < -0.4 is 16.2 Å². The quantitative estimate of drug-likeness (QED) is 0.501. The minimum Gasteiger partial charge on any atom is -0.370 e. The Kier molecular flexibility index (Phi) is 4.39. The van der Waals surface area contributed by atoms with Gasteiger partial charge in [0.25, 0.3) is 5.69 Å². The van der Waals surface area contributed by atoms with Gasteiger partial charge in [0.1, 0.15) is 0 Å². The number of benzene rings is 2. The van der Waals surface area contributed by atoms with Crippen molar-refractivity contribution in [3.05, 3.63) is 63.7 Å². The van der Waals surface area contributed by atoms with E-state index in [4.69, 9.17) is 5.84 Å². The van der Waals surface area contributed by atoms with Crippen LogP contribution in [0.2, 0.25) is 0 Å². The first-order valence-electron chi connectivity index (χ1n) is 6.52. The highest BCUT2D eigenvalue weighted by Crippen LogP contribution is 2.27. The lowest BCUT2D eigenvalue weighted by molar-refractivity contribution is -0.384. The second-order valence-corrected chi connectivity index (χ2v) is 4.98. The minimum atomic E-state index is -0.426. The summed E-state index contributed by atoms with van der Waals surface area (Å²) in [6, 6.07) is 12.9. The average molecular weight is 286 g/mol. The van der Waals surface area contributed by atoms with Gasteiger partial charge >= 0.3 is 0 Å². The molecule has 0 aliphatic rings. The molecule has 2 rings (SSSR count). The highest BCUT2D eigenvalue weighted by molar-refractivity contribution is 5.64. The van der Waals surface area contributed by atoms with Crippen molar-refractivity contribution in [2.75, 3.05) is 17.4 Å². The fourth-order valence-electron chi connectivity index (χ4n) is 2.18. The van der Waals surface area contributed by atoms with E-state index in [9.17, 15) is 10.1 Å². The van der Waals surface area contributed by atoms with Crippen LogP contribution >= 0.6 is 0 Å². The normalized spacial score (nSPS) is 10.2. The number of nitrogens with one attached hydrogen (secondary N) is 1. The number of nitrogens with zero attached hydrogens (tertiary/aromatic N) is 2. The maximum absolute atomic E-state index is 11.0. The molecule has 0 aliphatic carbocycles. The molecule has 2 aromatic rings. The van der Waals surface area contributed by atoms with Crippen LogP contribution in [0.3, 0.4) is 0 Å². The van der Waals surface area contributed by atoms with Crippen LogP contribution in [-0.2, 0) is 6.54 Å². The first-order valence-corrected chi connectivity index (χ1v) is 6.52. The highest BCUT2D eigenvalue weighted by Gasteiger charge is 2.12. The monoisotopic (exact) mass is 286 g/mol. The fraction of sp³-hybridized carbons (Fsp3) is 0.200. The van der Waals surface area contributed by atoms with Crippen molar-refractivity contribution in [3.63, 3.8) is 0 Å². The number of hydrogen-bond donors (Lipinski definition) is 2. The van der Waals surface area contributed by atoms with Crippen LogP contribution in [0.25, 0.3) is 0 Å². The molecule has 0 fully saturated rings. The van der Waals surface area contributed by atoms with Crippen LogP contribution in [0, 0.1) is 17.0 Å². The molecule has 6 heteroatoms. The van der Waals surface area contributed by atoms with E-state index in [-0.39, 0.29) is 5.69 Å². The van der Waals surface area contributed by atoms with E-state index in [0.29, 0.717) is 12.2 Å². The molecule has 0 unspecified atom stereocenters. The van der Waals surface area contributed by atoms with Gasteiger partial charge in [-0.2, -0.15) is 0 Å². The van der Waals surface area contributed by atoms with Crippen molar-refractivity contribution < 1.29 is 4.92 Å². The van der Waals surface area contributed by atoms with E-state index in [2.05, 4.69) is 11.5 Å². The third kappa shape index (κ3) is 3.70. The molecule has 0 heterocycles. The van der Waals surface area contributed by atoms with Crippen molar-refractivity contribution >= 4 is 17.1 Å². The predicted octanol–water partition coefficient (Wildman–Crippen LogP) is 2.83. The summed E-state index contributed by atoms with van der Waals surface area (Å²) in [5.74, 6) is 5.37. The van der Waals surface area contributed by atoms with Crippen LogP contribution in [-0.4, -0.2) is 12.0 Å². The number of rotatable bonds is 5. The second-order valence-electron chi connectivity index (χ2n) is 4.98. The Morgan fingerprint density at radius 2 is 2.05 bits per heavy atom. The number of nitrogens with two attached hydrogens (primary N) is 1. The molecular weight excluding hydrogens is 268 g/mol. The zero-order valence-corrected chi connectivity index (χ0v) is 12.0. The van der Waals surface area contributed by atoms with E-state index >= 15 is 0 Å². The molecule has 21 heavy (non-hydrogen) atoms. The topological polar surface area (TPSA) is 84.4 Å². The number of anilines is 2. The molecule has 6 nitrogen and oxygen atoms in total. The number of hydrazine groups is 1. The third-order valence-electron chi connectivity index (χ3n) is 3.22. The number of nitro benzene ring substituents is 1.